The van der Waals surface area contributed by atoms with Crippen molar-refractivity contribution in [2.75, 3.05) is 32.7 Å². The maximum Gasteiger partial charge on any atom is 0.236 e. The number of benzene rings is 1. The third kappa shape index (κ3) is 4.53. The van der Waals surface area contributed by atoms with Crippen LogP contribution in [0.2, 0.25) is 0 Å². The fourth-order valence-corrected chi connectivity index (χ4v) is 3.87. The van der Waals surface area contributed by atoms with Gasteiger partial charge in [-0.2, -0.15) is 9.40 Å². The minimum Gasteiger partial charge on any atom is -0.299 e. The van der Waals surface area contributed by atoms with Crippen molar-refractivity contribution >= 4 is 16.1 Å². The number of aromatic nitrogens is 2. The minimum absolute atomic E-state index is 0.528. The molecule has 1 aromatic heterocycles. The first kappa shape index (κ1) is 16.9. The van der Waals surface area contributed by atoms with Crippen molar-refractivity contribution in [1.82, 2.24) is 19.0 Å². The highest BCUT2D eigenvalue weighted by Gasteiger charge is 2.24. The third-order valence-electron chi connectivity index (χ3n) is 4.13. The van der Waals surface area contributed by atoms with Gasteiger partial charge >= 0.3 is 0 Å². The highest BCUT2D eigenvalue weighted by atomic mass is 32.2. The molecule has 0 bridgehead atoms. The van der Waals surface area contributed by atoms with Gasteiger partial charge in [0, 0.05) is 50.5 Å². The molecule has 0 radical (unpaired) electrons. The molecule has 2 heterocycles. The number of piperazine rings is 1. The van der Waals surface area contributed by atoms with Crippen molar-refractivity contribution in [2.24, 2.45) is 0 Å². The highest BCUT2D eigenvalue weighted by molar-refractivity contribution is 7.92. The second kappa shape index (κ2) is 7.74. The Kier molecular flexibility index (Phi) is 5.44. The van der Waals surface area contributed by atoms with Gasteiger partial charge in [-0.15, -0.1) is 0 Å². The van der Waals surface area contributed by atoms with Gasteiger partial charge in [0.2, 0.25) is 10.0 Å². The summed E-state index contributed by atoms with van der Waals surface area (Å²) in [6, 6.07) is 11.4. The fourth-order valence-electron chi connectivity index (χ4n) is 2.70. The van der Waals surface area contributed by atoms with E-state index in [1.54, 1.807) is 16.6 Å². The van der Waals surface area contributed by atoms with Gasteiger partial charge in [-0.3, -0.25) is 9.58 Å². The van der Waals surface area contributed by atoms with Crippen molar-refractivity contribution in [3.63, 3.8) is 0 Å². The smallest absolute Gasteiger partial charge is 0.236 e. The average Bonchev–Trinajstić information content (AvgIpc) is 3.13. The monoisotopic (exact) mass is 346 g/mol. The summed E-state index contributed by atoms with van der Waals surface area (Å²) in [5, 5.41) is 5.49. The third-order valence-corrected chi connectivity index (χ3v) is 5.69. The molecule has 2 aromatic rings. The zero-order valence-electron chi connectivity index (χ0n) is 13.5. The normalized spacial score (nSPS) is 17.5. The van der Waals surface area contributed by atoms with Gasteiger partial charge in [0.15, 0.2) is 0 Å². The quantitative estimate of drug-likeness (QED) is 0.795. The van der Waals surface area contributed by atoms with Crippen LogP contribution in [0.4, 0.5) is 0 Å². The molecule has 1 fully saturated rings. The Balaban J connectivity index is 1.50. The molecule has 6 nitrogen and oxygen atoms in total. The standard InChI is InChI=1S/C17H22N4O2S/c22-24(23,16-7-17-5-2-1-3-6-17)21-14-11-19(12-15-21)10-13-20-9-4-8-18-20/h1-9,16H,10-15H2/b16-7+. The number of hydrogen-bond donors (Lipinski definition) is 0. The Bertz CT molecular complexity index is 749. The average molecular weight is 346 g/mol. The zero-order chi connectivity index (χ0) is 16.8. The van der Waals surface area contributed by atoms with Crippen LogP contribution < -0.4 is 0 Å². The van der Waals surface area contributed by atoms with E-state index in [0.717, 1.165) is 31.7 Å². The van der Waals surface area contributed by atoms with E-state index >= 15 is 0 Å². The van der Waals surface area contributed by atoms with E-state index in [0.29, 0.717) is 13.1 Å². The van der Waals surface area contributed by atoms with E-state index < -0.39 is 10.0 Å². The molecule has 1 aromatic carbocycles. The van der Waals surface area contributed by atoms with E-state index in [1.165, 1.54) is 5.41 Å². The Morgan fingerprint density at radius 1 is 1.00 bits per heavy atom. The lowest BCUT2D eigenvalue weighted by molar-refractivity contribution is 0.182. The molecule has 1 aliphatic rings. The molecule has 128 valence electrons. The van der Waals surface area contributed by atoms with Crippen molar-refractivity contribution in [1.29, 1.82) is 0 Å². The number of rotatable bonds is 6. The van der Waals surface area contributed by atoms with Crippen molar-refractivity contribution < 1.29 is 8.42 Å². The van der Waals surface area contributed by atoms with Crippen LogP contribution in [0.5, 0.6) is 0 Å². The summed E-state index contributed by atoms with van der Waals surface area (Å²) < 4.78 is 28.3. The fraction of sp³-hybridized carbons (Fsp3) is 0.353. The van der Waals surface area contributed by atoms with Crippen molar-refractivity contribution in [2.45, 2.75) is 6.54 Å². The van der Waals surface area contributed by atoms with Gasteiger partial charge in [0.1, 0.15) is 0 Å². The van der Waals surface area contributed by atoms with Gasteiger partial charge in [-0.05, 0) is 17.7 Å². The molecule has 7 heteroatoms. The predicted molar refractivity (Wildman–Crippen MR) is 94.6 cm³/mol. The minimum atomic E-state index is -3.35. The van der Waals surface area contributed by atoms with E-state index in [2.05, 4.69) is 10.00 Å². The molecule has 0 unspecified atom stereocenters. The van der Waals surface area contributed by atoms with Crippen LogP contribution in [0.1, 0.15) is 5.56 Å². The molecule has 1 saturated heterocycles. The Morgan fingerprint density at radius 3 is 2.42 bits per heavy atom. The molecule has 0 spiro atoms. The molecule has 0 amide bonds. The Labute approximate surface area is 143 Å². The lowest BCUT2D eigenvalue weighted by Gasteiger charge is -2.33. The van der Waals surface area contributed by atoms with Gasteiger partial charge in [-0.25, -0.2) is 8.42 Å². The molecular formula is C17H22N4O2S. The molecule has 0 N–H and O–H groups in total. The van der Waals surface area contributed by atoms with Crippen LogP contribution in [0.15, 0.2) is 54.2 Å². The second-order valence-electron chi connectivity index (χ2n) is 5.77. The van der Waals surface area contributed by atoms with Crippen LogP contribution in [-0.4, -0.2) is 60.1 Å². The lowest BCUT2D eigenvalue weighted by atomic mass is 10.2. The topological polar surface area (TPSA) is 58.4 Å². The van der Waals surface area contributed by atoms with E-state index in [-0.39, 0.29) is 0 Å². The molecular weight excluding hydrogens is 324 g/mol. The lowest BCUT2D eigenvalue weighted by Crippen LogP contribution is -2.48. The Hall–Kier alpha value is -1.96. The molecule has 0 saturated carbocycles. The van der Waals surface area contributed by atoms with E-state index in [9.17, 15) is 8.42 Å². The molecule has 1 aliphatic heterocycles. The first-order valence-corrected chi connectivity index (χ1v) is 9.57. The number of sulfonamides is 1. The van der Waals surface area contributed by atoms with Crippen LogP contribution in [0, 0.1) is 0 Å². The number of nitrogens with zero attached hydrogens (tertiary/aromatic N) is 4. The summed E-state index contributed by atoms with van der Waals surface area (Å²) in [7, 11) is -3.35. The molecule has 0 aliphatic carbocycles. The number of hydrogen-bond acceptors (Lipinski definition) is 4. The summed E-state index contributed by atoms with van der Waals surface area (Å²) in [5.41, 5.74) is 0.888. The van der Waals surface area contributed by atoms with Crippen LogP contribution >= 0.6 is 0 Å². The summed E-state index contributed by atoms with van der Waals surface area (Å²) in [4.78, 5) is 2.27. The molecule has 24 heavy (non-hydrogen) atoms. The van der Waals surface area contributed by atoms with Crippen molar-refractivity contribution in [3.05, 3.63) is 59.8 Å². The summed E-state index contributed by atoms with van der Waals surface area (Å²) in [6.07, 6.45) is 5.36. The zero-order valence-corrected chi connectivity index (χ0v) is 14.3. The second-order valence-corrected chi connectivity index (χ2v) is 7.59. The highest BCUT2D eigenvalue weighted by Crippen LogP contribution is 2.11. The van der Waals surface area contributed by atoms with Crippen molar-refractivity contribution in [3.8, 4) is 0 Å². The summed E-state index contributed by atoms with van der Waals surface area (Å²) in [6.45, 7) is 4.27. The maximum absolute atomic E-state index is 12.4. The molecule has 0 atom stereocenters. The first-order chi connectivity index (χ1) is 11.6. The predicted octanol–water partition coefficient (Wildman–Crippen LogP) is 1.50. The van der Waals surface area contributed by atoms with Crippen LogP contribution in [0.3, 0.4) is 0 Å². The Morgan fingerprint density at radius 2 is 1.75 bits per heavy atom. The van der Waals surface area contributed by atoms with Gasteiger partial charge in [0.25, 0.3) is 0 Å². The van der Waals surface area contributed by atoms with E-state index in [4.69, 9.17) is 0 Å². The largest absolute Gasteiger partial charge is 0.299 e. The van der Waals surface area contributed by atoms with Gasteiger partial charge in [-0.1, -0.05) is 30.3 Å². The van der Waals surface area contributed by atoms with Gasteiger partial charge in [0.05, 0.1) is 6.54 Å². The maximum atomic E-state index is 12.4. The summed E-state index contributed by atoms with van der Waals surface area (Å²) in [5.74, 6) is 0. The van der Waals surface area contributed by atoms with Gasteiger partial charge < -0.3 is 0 Å². The summed E-state index contributed by atoms with van der Waals surface area (Å²) >= 11 is 0. The molecule has 3 rings (SSSR count). The van der Waals surface area contributed by atoms with E-state index in [1.807, 2.05) is 47.3 Å². The van der Waals surface area contributed by atoms with Crippen LogP contribution in [-0.2, 0) is 16.6 Å². The first-order valence-electron chi connectivity index (χ1n) is 8.06. The van der Waals surface area contributed by atoms with Crippen LogP contribution in [0.25, 0.3) is 6.08 Å². The SMILES string of the molecule is O=S(=O)(/C=C/c1ccccc1)N1CCN(CCn2cccn2)CC1.